The van der Waals surface area contributed by atoms with Crippen molar-refractivity contribution in [2.75, 3.05) is 0 Å². The van der Waals surface area contributed by atoms with Crippen molar-refractivity contribution in [2.24, 2.45) is 5.73 Å². The van der Waals surface area contributed by atoms with Crippen LogP contribution >= 0.6 is 0 Å². The Morgan fingerprint density at radius 3 is 2.93 bits per heavy atom. The highest BCUT2D eigenvalue weighted by atomic mass is 16.4. The van der Waals surface area contributed by atoms with E-state index in [2.05, 4.69) is 0 Å². The van der Waals surface area contributed by atoms with Crippen molar-refractivity contribution in [2.45, 2.75) is 13.0 Å². The normalized spacial score (nSPS) is 12.9. The van der Waals surface area contributed by atoms with Crippen molar-refractivity contribution in [3.05, 3.63) is 35.6 Å². The van der Waals surface area contributed by atoms with E-state index in [1.54, 1.807) is 24.3 Å². The van der Waals surface area contributed by atoms with Gasteiger partial charge in [0.2, 0.25) is 0 Å². The zero-order valence-corrected chi connectivity index (χ0v) is 8.23. The minimum Gasteiger partial charge on any atom is -0.480 e. The third kappa shape index (κ3) is 1.59. The molecule has 0 aliphatic heterocycles. The average Bonchev–Trinajstić information content (AvgIpc) is 2.56. The van der Waals surface area contributed by atoms with E-state index in [0.29, 0.717) is 11.1 Å². The monoisotopic (exact) mass is 205 g/mol. The molecule has 0 aliphatic rings. The highest BCUT2D eigenvalue weighted by Gasteiger charge is 2.18. The molecule has 2 rings (SSSR count). The first kappa shape index (κ1) is 9.73. The fourth-order valence-corrected chi connectivity index (χ4v) is 1.61. The Balaban J connectivity index is 2.64. The van der Waals surface area contributed by atoms with Crippen LogP contribution in [0.25, 0.3) is 11.0 Å². The standard InChI is InChI=1S/C11H11NO3/c1-6-5-8-7(10(12)11(13)14)3-2-4-9(8)15-6/h2-5,10H,12H2,1H3,(H,13,14). The lowest BCUT2D eigenvalue weighted by Gasteiger charge is -2.06. The third-order valence-electron chi connectivity index (χ3n) is 2.32. The molecule has 15 heavy (non-hydrogen) atoms. The van der Waals surface area contributed by atoms with Gasteiger partial charge in [0.05, 0.1) is 0 Å². The summed E-state index contributed by atoms with van der Waals surface area (Å²) in [6.45, 7) is 1.82. The molecule has 0 aliphatic carbocycles. The van der Waals surface area contributed by atoms with E-state index in [0.717, 1.165) is 11.1 Å². The molecular formula is C11H11NO3. The van der Waals surface area contributed by atoms with Crippen LogP contribution in [0, 0.1) is 6.92 Å². The number of hydrogen-bond acceptors (Lipinski definition) is 3. The van der Waals surface area contributed by atoms with Crippen LogP contribution in [0.3, 0.4) is 0 Å². The molecule has 2 aromatic rings. The highest BCUT2D eigenvalue weighted by Crippen LogP contribution is 2.26. The molecule has 0 amide bonds. The molecule has 4 nitrogen and oxygen atoms in total. The third-order valence-corrected chi connectivity index (χ3v) is 2.32. The maximum atomic E-state index is 10.8. The number of aryl methyl sites for hydroxylation is 1. The van der Waals surface area contributed by atoms with Gasteiger partial charge in [-0.15, -0.1) is 0 Å². The van der Waals surface area contributed by atoms with E-state index >= 15 is 0 Å². The Labute approximate surface area is 86.3 Å². The van der Waals surface area contributed by atoms with Crippen molar-refractivity contribution in [1.29, 1.82) is 0 Å². The molecule has 1 atom stereocenters. The molecule has 0 fully saturated rings. The summed E-state index contributed by atoms with van der Waals surface area (Å²) in [5.41, 5.74) is 6.82. The fourth-order valence-electron chi connectivity index (χ4n) is 1.61. The second-order valence-corrected chi connectivity index (χ2v) is 3.43. The molecule has 3 N–H and O–H groups in total. The second-order valence-electron chi connectivity index (χ2n) is 3.43. The van der Waals surface area contributed by atoms with Gasteiger partial charge in [0.25, 0.3) is 0 Å². The van der Waals surface area contributed by atoms with Gasteiger partial charge >= 0.3 is 5.97 Å². The van der Waals surface area contributed by atoms with Crippen molar-refractivity contribution in [3.63, 3.8) is 0 Å². The maximum absolute atomic E-state index is 10.8. The summed E-state index contributed by atoms with van der Waals surface area (Å²) in [7, 11) is 0. The number of carboxylic acid groups (broad SMARTS) is 1. The van der Waals surface area contributed by atoms with Crippen LogP contribution in [0.5, 0.6) is 0 Å². The van der Waals surface area contributed by atoms with Crippen LogP contribution < -0.4 is 5.73 Å². The van der Waals surface area contributed by atoms with Gasteiger partial charge < -0.3 is 15.3 Å². The Kier molecular flexibility index (Phi) is 2.21. The molecule has 0 saturated carbocycles. The molecule has 1 unspecified atom stereocenters. The highest BCUT2D eigenvalue weighted by molar-refractivity contribution is 5.87. The van der Waals surface area contributed by atoms with Crippen LogP contribution in [0.1, 0.15) is 17.4 Å². The molecule has 0 saturated heterocycles. The summed E-state index contributed by atoms with van der Waals surface area (Å²) in [5.74, 6) is -0.295. The lowest BCUT2D eigenvalue weighted by Crippen LogP contribution is -2.20. The zero-order valence-electron chi connectivity index (χ0n) is 8.23. The predicted molar refractivity (Wildman–Crippen MR) is 55.5 cm³/mol. The molecule has 4 heteroatoms. The predicted octanol–water partition coefficient (Wildman–Crippen LogP) is 1.83. The van der Waals surface area contributed by atoms with Gasteiger partial charge in [0, 0.05) is 5.39 Å². The van der Waals surface area contributed by atoms with Crippen molar-refractivity contribution >= 4 is 16.9 Å². The molecule has 0 radical (unpaired) electrons. The van der Waals surface area contributed by atoms with Crippen LogP contribution in [-0.2, 0) is 4.79 Å². The van der Waals surface area contributed by atoms with E-state index in [4.69, 9.17) is 15.3 Å². The number of aliphatic carboxylic acids is 1. The Hall–Kier alpha value is -1.81. The van der Waals surface area contributed by atoms with Crippen LogP contribution in [0.15, 0.2) is 28.7 Å². The lowest BCUT2D eigenvalue weighted by atomic mass is 10.0. The topological polar surface area (TPSA) is 76.5 Å². The minimum atomic E-state index is -1.04. The van der Waals surface area contributed by atoms with Gasteiger partial charge in [-0.25, -0.2) is 0 Å². The smallest absolute Gasteiger partial charge is 0.325 e. The number of hydrogen-bond donors (Lipinski definition) is 2. The van der Waals surface area contributed by atoms with E-state index in [-0.39, 0.29) is 0 Å². The van der Waals surface area contributed by atoms with Crippen LogP contribution in [-0.4, -0.2) is 11.1 Å². The first-order valence-electron chi connectivity index (χ1n) is 4.57. The number of carbonyl (C=O) groups is 1. The Morgan fingerprint density at radius 2 is 2.27 bits per heavy atom. The summed E-state index contributed by atoms with van der Waals surface area (Å²) >= 11 is 0. The first-order valence-corrected chi connectivity index (χ1v) is 4.57. The minimum absolute atomic E-state index is 0.580. The van der Waals surface area contributed by atoms with E-state index in [1.165, 1.54) is 0 Å². The molecule has 1 aromatic carbocycles. The van der Waals surface area contributed by atoms with Crippen molar-refractivity contribution in [3.8, 4) is 0 Å². The lowest BCUT2D eigenvalue weighted by molar-refractivity contribution is -0.138. The largest absolute Gasteiger partial charge is 0.480 e. The average molecular weight is 205 g/mol. The SMILES string of the molecule is Cc1cc2c(C(N)C(=O)O)cccc2o1. The van der Waals surface area contributed by atoms with Crippen molar-refractivity contribution in [1.82, 2.24) is 0 Å². The van der Waals surface area contributed by atoms with Gasteiger partial charge in [-0.1, -0.05) is 12.1 Å². The van der Waals surface area contributed by atoms with Gasteiger partial charge in [0.1, 0.15) is 17.4 Å². The maximum Gasteiger partial charge on any atom is 0.325 e. The van der Waals surface area contributed by atoms with E-state index in [1.807, 2.05) is 6.92 Å². The molecule has 0 spiro atoms. The Bertz CT molecular complexity index is 516. The molecule has 1 aromatic heterocycles. The molecule has 1 heterocycles. The number of benzene rings is 1. The van der Waals surface area contributed by atoms with E-state index < -0.39 is 12.0 Å². The Morgan fingerprint density at radius 1 is 1.53 bits per heavy atom. The van der Waals surface area contributed by atoms with Gasteiger partial charge in [0.15, 0.2) is 0 Å². The summed E-state index contributed by atoms with van der Waals surface area (Å²) < 4.78 is 5.39. The first-order chi connectivity index (χ1) is 7.09. The summed E-state index contributed by atoms with van der Waals surface area (Å²) in [6, 6.07) is 6.03. The number of furan rings is 1. The quantitative estimate of drug-likeness (QED) is 0.784. The second kappa shape index (κ2) is 3.40. The van der Waals surface area contributed by atoms with Gasteiger partial charge in [-0.2, -0.15) is 0 Å². The summed E-state index contributed by atoms with van der Waals surface area (Å²) in [5, 5.41) is 9.61. The van der Waals surface area contributed by atoms with Gasteiger partial charge in [-0.05, 0) is 24.6 Å². The van der Waals surface area contributed by atoms with E-state index in [9.17, 15) is 4.79 Å². The molecule has 78 valence electrons. The number of fused-ring (bicyclic) bond motifs is 1. The van der Waals surface area contributed by atoms with Crippen molar-refractivity contribution < 1.29 is 14.3 Å². The summed E-state index contributed by atoms with van der Waals surface area (Å²) in [4.78, 5) is 10.8. The molecule has 0 bridgehead atoms. The fraction of sp³-hybridized carbons (Fsp3) is 0.182. The number of nitrogens with two attached hydrogens (primary N) is 1. The van der Waals surface area contributed by atoms with Gasteiger partial charge in [-0.3, -0.25) is 4.79 Å². The van der Waals surface area contributed by atoms with Crippen LogP contribution in [0.4, 0.5) is 0 Å². The number of carboxylic acids is 1. The number of rotatable bonds is 2. The zero-order chi connectivity index (χ0) is 11.0. The summed E-state index contributed by atoms with van der Waals surface area (Å²) in [6.07, 6.45) is 0. The van der Waals surface area contributed by atoms with Crippen LogP contribution in [0.2, 0.25) is 0 Å². The molecular weight excluding hydrogens is 194 g/mol.